The molecule has 2 heterocycles. The van der Waals surface area contributed by atoms with Crippen LogP contribution >= 0.6 is 0 Å². The maximum Gasteiger partial charge on any atom is 0.221 e. The third-order valence-corrected chi connectivity index (χ3v) is 5.63. The maximum absolute atomic E-state index is 9.34. The molecule has 4 rings (SSSR count). The fraction of sp³-hybridized carbons (Fsp3) is 0.320. The van der Waals surface area contributed by atoms with E-state index in [1.54, 1.807) is 0 Å². The van der Waals surface area contributed by atoms with Crippen molar-refractivity contribution in [1.29, 1.82) is 0 Å². The van der Waals surface area contributed by atoms with Gasteiger partial charge in [-0.15, -0.1) is 0 Å². The molecule has 1 aromatic heterocycles. The van der Waals surface area contributed by atoms with Crippen molar-refractivity contribution in [2.75, 3.05) is 24.6 Å². The molecule has 4 heteroatoms. The highest BCUT2D eigenvalue weighted by Crippen LogP contribution is 2.31. The molecule has 0 radical (unpaired) electrons. The van der Waals surface area contributed by atoms with Crippen LogP contribution in [-0.4, -0.2) is 29.8 Å². The number of aromatic nitrogens is 1. The van der Waals surface area contributed by atoms with E-state index in [1.165, 1.54) is 5.69 Å². The van der Waals surface area contributed by atoms with Crippen LogP contribution in [0.1, 0.15) is 24.1 Å². The quantitative estimate of drug-likeness (QED) is 0.656. The number of aliphatic hydroxyl groups excluding tert-OH is 1. The number of nitrogens with zero attached hydrogens (tertiary/aromatic N) is 2. The summed E-state index contributed by atoms with van der Waals surface area (Å²) < 4.78 is 6.08. The van der Waals surface area contributed by atoms with Crippen LogP contribution in [0.3, 0.4) is 0 Å². The van der Waals surface area contributed by atoms with Crippen molar-refractivity contribution in [2.24, 2.45) is 5.92 Å². The van der Waals surface area contributed by atoms with Gasteiger partial charge >= 0.3 is 0 Å². The van der Waals surface area contributed by atoms with E-state index < -0.39 is 0 Å². The molecule has 1 fully saturated rings. The number of ether oxygens (including phenoxy) is 1. The Kier molecular flexibility index (Phi) is 6.11. The average Bonchev–Trinajstić information content (AvgIpc) is 2.79. The standard InChI is InChI=1S/C25H28N2O2/c1-19-7-12-24(25(26-19)29-18-21-5-3-2-4-6-21)22-8-10-23(11-9-22)27-15-13-20(17-28)14-16-27/h2-12,20,28H,13-18H2,1H3. The molecule has 0 spiro atoms. The molecule has 1 saturated heterocycles. The number of aliphatic hydroxyl groups is 1. The predicted octanol–water partition coefficient (Wildman–Crippen LogP) is 4.84. The number of pyridine rings is 1. The SMILES string of the molecule is Cc1ccc(-c2ccc(N3CCC(CO)CC3)cc2)c(OCc2ccccc2)n1. The van der Waals surface area contributed by atoms with E-state index in [9.17, 15) is 5.11 Å². The van der Waals surface area contributed by atoms with Crippen LogP contribution in [0.25, 0.3) is 11.1 Å². The lowest BCUT2D eigenvalue weighted by Crippen LogP contribution is -2.34. The van der Waals surface area contributed by atoms with Gasteiger partial charge in [-0.25, -0.2) is 4.98 Å². The van der Waals surface area contributed by atoms with Crippen LogP contribution in [0.2, 0.25) is 0 Å². The van der Waals surface area contributed by atoms with Crippen molar-refractivity contribution in [1.82, 2.24) is 4.98 Å². The van der Waals surface area contributed by atoms with Crippen LogP contribution in [0.4, 0.5) is 5.69 Å². The third kappa shape index (κ3) is 4.77. The Morgan fingerprint density at radius 1 is 0.966 bits per heavy atom. The number of benzene rings is 2. The molecule has 29 heavy (non-hydrogen) atoms. The molecule has 0 saturated carbocycles. The number of hydrogen-bond acceptors (Lipinski definition) is 4. The van der Waals surface area contributed by atoms with Gasteiger partial charge in [-0.1, -0.05) is 42.5 Å². The molecule has 3 aromatic rings. The molecule has 2 aromatic carbocycles. The third-order valence-electron chi connectivity index (χ3n) is 5.63. The van der Waals surface area contributed by atoms with Gasteiger partial charge in [0.25, 0.3) is 0 Å². The lowest BCUT2D eigenvalue weighted by molar-refractivity contribution is 0.203. The Morgan fingerprint density at radius 2 is 1.69 bits per heavy atom. The van der Waals surface area contributed by atoms with Crippen LogP contribution in [0, 0.1) is 12.8 Å². The van der Waals surface area contributed by atoms with E-state index in [-0.39, 0.29) is 0 Å². The highest BCUT2D eigenvalue weighted by atomic mass is 16.5. The second-order valence-electron chi connectivity index (χ2n) is 7.74. The van der Waals surface area contributed by atoms with E-state index in [0.29, 0.717) is 25.0 Å². The van der Waals surface area contributed by atoms with Crippen LogP contribution in [0.15, 0.2) is 66.7 Å². The zero-order valence-electron chi connectivity index (χ0n) is 16.9. The first-order valence-electron chi connectivity index (χ1n) is 10.3. The van der Waals surface area contributed by atoms with Gasteiger partial charge in [0.2, 0.25) is 5.88 Å². The van der Waals surface area contributed by atoms with Gasteiger partial charge in [0, 0.05) is 36.6 Å². The maximum atomic E-state index is 9.34. The molecule has 0 bridgehead atoms. The van der Waals surface area contributed by atoms with Gasteiger partial charge in [0.15, 0.2) is 0 Å². The molecule has 0 atom stereocenters. The summed E-state index contributed by atoms with van der Waals surface area (Å²) in [5, 5.41) is 9.34. The van der Waals surface area contributed by atoms with Crippen molar-refractivity contribution < 1.29 is 9.84 Å². The van der Waals surface area contributed by atoms with Gasteiger partial charge in [0.05, 0.1) is 0 Å². The second-order valence-corrected chi connectivity index (χ2v) is 7.74. The van der Waals surface area contributed by atoms with Gasteiger partial charge in [-0.2, -0.15) is 0 Å². The molecule has 1 aliphatic rings. The highest BCUT2D eigenvalue weighted by molar-refractivity contribution is 5.70. The molecular formula is C25H28N2O2. The smallest absolute Gasteiger partial charge is 0.221 e. The summed E-state index contributed by atoms with van der Waals surface area (Å²) in [5.74, 6) is 1.12. The second kappa shape index (κ2) is 9.10. The molecule has 150 valence electrons. The number of aryl methyl sites for hydroxylation is 1. The minimum atomic E-state index is 0.305. The number of hydrogen-bond donors (Lipinski definition) is 1. The molecule has 4 nitrogen and oxygen atoms in total. The molecule has 0 amide bonds. The van der Waals surface area contributed by atoms with Crippen molar-refractivity contribution in [3.05, 3.63) is 78.0 Å². The summed E-state index contributed by atoms with van der Waals surface area (Å²) in [5.41, 5.74) is 5.42. The largest absolute Gasteiger partial charge is 0.472 e. The lowest BCUT2D eigenvalue weighted by Gasteiger charge is -2.33. The summed E-state index contributed by atoms with van der Waals surface area (Å²) in [6.45, 7) is 4.80. The Bertz CT molecular complexity index is 917. The van der Waals surface area contributed by atoms with Crippen molar-refractivity contribution >= 4 is 5.69 Å². The first-order valence-corrected chi connectivity index (χ1v) is 10.3. The van der Waals surface area contributed by atoms with Gasteiger partial charge < -0.3 is 14.7 Å². The van der Waals surface area contributed by atoms with Crippen LogP contribution < -0.4 is 9.64 Å². The number of piperidine rings is 1. The molecule has 0 unspecified atom stereocenters. The average molecular weight is 389 g/mol. The Labute approximate surface area is 172 Å². The highest BCUT2D eigenvalue weighted by Gasteiger charge is 2.19. The molecule has 1 aliphatic heterocycles. The molecule has 0 aliphatic carbocycles. The van der Waals surface area contributed by atoms with Gasteiger partial charge in [-0.05, 0) is 61.1 Å². The van der Waals surface area contributed by atoms with Crippen molar-refractivity contribution in [3.8, 4) is 17.0 Å². The first-order chi connectivity index (χ1) is 14.2. The minimum absolute atomic E-state index is 0.305. The van der Waals surface area contributed by atoms with E-state index in [1.807, 2.05) is 31.2 Å². The number of anilines is 1. The van der Waals surface area contributed by atoms with Crippen molar-refractivity contribution in [3.63, 3.8) is 0 Å². The lowest BCUT2D eigenvalue weighted by atomic mass is 9.97. The normalized spacial score (nSPS) is 14.8. The summed E-state index contributed by atoms with van der Waals surface area (Å²) in [4.78, 5) is 7.04. The fourth-order valence-corrected chi connectivity index (χ4v) is 3.81. The van der Waals surface area contributed by atoms with Crippen molar-refractivity contribution in [2.45, 2.75) is 26.4 Å². The topological polar surface area (TPSA) is 45.6 Å². The Balaban J connectivity index is 1.50. The van der Waals surface area contributed by atoms with E-state index in [0.717, 1.165) is 48.3 Å². The van der Waals surface area contributed by atoms with Crippen LogP contribution in [0.5, 0.6) is 5.88 Å². The van der Waals surface area contributed by atoms with Gasteiger partial charge in [0.1, 0.15) is 6.61 Å². The summed E-state index contributed by atoms with van der Waals surface area (Å²) in [7, 11) is 0. The molecule has 1 N–H and O–H groups in total. The van der Waals surface area contributed by atoms with Gasteiger partial charge in [-0.3, -0.25) is 0 Å². The van der Waals surface area contributed by atoms with E-state index in [4.69, 9.17) is 4.74 Å². The number of rotatable bonds is 6. The summed E-state index contributed by atoms with van der Waals surface area (Å²) in [6, 6.07) is 22.9. The van der Waals surface area contributed by atoms with Crippen LogP contribution in [-0.2, 0) is 6.61 Å². The Hall–Kier alpha value is -2.85. The summed E-state index contributed by atoms with van der Waals surface area (Å²) >= 11 is 0. The summed E-state index contributed by atoms with van der Waals surface area (Å²) in [6.07, 6.45) is 2.11. The zero-order chi connectivity index (χ0) is 20.1. The molecular weight excluding hydrogens is 360 g/mol. The fourth-order valence-electron chi connectivity index (χ4n) is 3.81. The van der Waals surface area contributed by atoms with E-state index in [2.05, 4.69) is 52.3 Å². The minimum Gasteiger partial charge on any atom is -0.472 e. The zero-order valence-corrected chi connectivity index (χ0v) is 16.9. The monoisotopic (exact) mass is 388 g/mol. The van der Waals surface area contributed by atoms with E-state index >= 15 is 0 Å². The predicted molar refractivity (Wildman–Crippen MR) is 117 cm³/mol. The first kappa shape index (κ1) is 19.5. The Morgan fingerprint density at radius 3 is 2.38 bits per heavy atom.